The van der Waals surface area contributed by atoms with E-state index >= 15 is 0 Å². The van der Waals surface area contributed by atoms with Gasteiger partial charge in [-0.05, 0) is 48.8 Å². The maximum atomic E-state index is 9.05. The van der Waals surface area contributed by atoms with Crippen molar-refractivity contribution in [1.82, 2.24) is 0 Å². The minimum atomic E-state index is 0.264. The third kappa shape index (κ3) is 3.76. The molecule has 0 aliphatic heterocycles. The van der Waals surface area contributed by atoms with Gasteiger partial charge in [-0.25, -0.2) is 0 Å². The van der Waals surface area contributed by atoms with Crippen molar-refractivity contribution in [2.75, 3.05) is 0 Å². The van der Waals surface area contributed by atoms with Gasteiger partial charge in [-0.15, -0.1) is 0 Å². The van der Waals surface area contributed by atoms with Crippen LogP contribution in [0.5, 0.6) is 5.75 Å². The van der Waals surface area contributed by atoms with Crippen molar-refractivity contribution < 1.29 is 4.74 Å². The molecule has 3 atom stereocenters. The van der Waals surface area contributed by atoms with Crippen molar-refractivity contribution in [1.29, 1.82) is 5.26 Å². The number of hydrogen-bond donors (Lipinski definition) is 0. The van der Waals surface area contributed by atoms with E-state index in [1.165, 1.54) is 12.8 Å². The van der Waals surface area contributed by atoms with E-state index in [-0.39, 0.29) is 6.10 Å². The summed E-state index contributed by atoms with van der Waals surface area (Å²) in [4.78, 5) is 0. The van der Waals surface area contributed by atoms with Gasteiger partial charge in [-0.3, -0.25) is 0 Å². The number of nitriles is 1. The van der Waals surface area contributed by atoms with Gasteiger partial charge < -0.3 is 4.74 Å². The van der Waals surface area contributed by atoms with Crippen molar-refractivity contribution >= 4 is 15.9 Å². The maximum absolute atomic E-state index is 9.05. The van der Waals surface area contributed by atoms with Gasteiger partial charge in [0.25, 0.3) is 0 Å². The second-order valence-electron chi connectivity index (χ2n) is 6.27. The summed E-state index contributed by atoms with van der Waals surface area (Å²) in [5.41, 5.74) is 0.638. The summed E-state index contributed by atoms with van der Waals surface area (Å²) in [6.07, 6.45) is 3.91. The Hall–Kier alpha value is -1.01. The van der Waals surface area contributed by atoms with Crippen LogP contribution in [0.15, 0.2) is 22.7 Å². The van der Waals surface area contributed by atoms with Gasteiger partial charge in [0.05, 0.1) is 11.6 Å². The zero-order valence-corrected chi connectivity index (χ0v) is 14.0. The number of rotatable bonds is 3. The Balaban J connectivity index is 2.18. The fourth-order valence-corrected chi connectivity index (χ4v) is 3.59. The Bertz CT molecular complexity index is 506. The molecule has 1 saturated carbocycles. The first-order valence-electron chi connectivity index (χ1n) is 7.37. The number of hydrogen-bond acceptors (Lipinski definition) is 2. The molecule has 3 heteroatoms. The Kier molecular flexibility index (Phi) is 5.10. The number of halogens is 1. The lowest BCUT2D eigenvalue weighted by atomic mass is 9.75. The molecule has 0 N–H and O–H groups in total. The molecule has 108 valence electrons. The minimum absolute atomic E-state index is 0.264. The summed E-state index contributed by atoms with van der Waals surface area (Å²) in [5.74, 6) is 2.77. The van der Waals surface area contributed by atoms with Gasteiger partial charge in [-0.2, -0.15) is 5.26 Å². The highest BCUT2D eigenvalue weighted by Gasteiger charge is 2.32. The highest BCUT2D eigenvalue weighted by atomic mass is 79.9. The van der Waals surface area contributed by atoms with Gasteiger partial charge in [0.2, 0.25) is 0 Å². The summed E-state index contributed by atoms with van der Waals surface area (Å²) >= 11 is 3.44. The lowest BCUT2D eigenvalue weighted by molar-refractivity contribution is 0.0460. The quantitative estimate of drug-likeness (QED) is 0.764. The van der Waals surface area contributed by atoms with E-state index in [1.54, 1.807) is 0 Å². The SMILES string of the molecule is CC1CCC(C(C)C)C(Oc2cc(Br)cc(C#N)c2)C1. The first kappa shape index (κ1) is 15.4. The highest BCUT2D eigenvalue weighted by Crippen LogP contribution is 2.36. The third-order valence-corrected chi connectivity index (χ3v) is 4.71. The first-order valence-corrected chi connectivity index (χ1v) is 8.16. The smallest absolute Gasteiger partial charge is 0.122 e. The summed E-state index contributed by atoms with van der Waals surface area (Å²) < 4.78 is 7.14. The Morgan fingerprint density at radius 1 is 1.30 bits per heavy atom. The summed E-state index contributed by atoms with van der Waals surface area (Å²) in [6, 6.07) is 7.78. The van der Waals surface area contributed by atoms with Crippen molar-refractivity contribution in [3.05, 3.63) is 28.2 Å². The van der Waals surface area contributed by atoms with Gasteiger partial charge in [0.15, 0.2) is 0 Å². The van der Waals surface area contributed by atoms with Crippen LogP contribution in [-0.4, -0.2) is 6.10 Å². The average molecular weight is 336 g/mol. The molecule has 1 aliphatic carbocycles. The molecule has 0 bridgehead atoms. The average Bonchev–Trinajstić information content (AvgIpc) is 2.37. The Morgan fingerprint density at radius 2 is 2.05 bits per heavy atom. The minimum Gasteiger partial charge on any atom is -0.490 e. The van der Waals surface area contributed by atoms with Crippen LogP contribution < -0.4 is 4.74 Å². The van der Waals surface area contributed by atoms with Crippen LogP contribution in [0.1, 0.15) is 45.6 Å². The van der Waals surface area contributed by atoms with E-state index in [1.807, 2.05) is 18.2 Å². The molecule has 2 rings (SSSR count). The van der Waals surface area contributed by atoms with E-state index in [0.29, 0.717) is 17.4 Å². The Labute approximate surface area is 130 Å². The molecule has 3 unspecified atom stereocenters. The topological polar surface area (TPSA) is 33.0 Å². The summed E-state index contributed by atoms with van der Waals surface area (Å²) in [5, 5.41) is 9.05. The van der Waals surface area contributed by atoms with Gasteiger partial charge in [-0.1, -0.05) is 43.1 Å². The fraction of sp³-hybridized carbons (Fsp3) is 0.588. The number of ether oxygens (including phenoxy) is 1. The second kappa shape index (κ2) is 6.63. The Morgan fingerprint density at radius 3 is 2.70 bits per heavy atom. The van der Waals surface area contributed by atoms with E-state index in [0.717, 1.165) is 22.6 Å². The van der Waals surface area contributed by atoms with E-state index < -0.39 is 0 Å². The van der Waals surface area contributed by atoms with E-state index in [4.69, 9.17) is 10.00 Å². The van der Waals surface area contributed by atoms with Crippen molar-refractivity contribution in [2.45, 2.75) is 46.1 Å². The lowest BCUT2D eigenvalue weighted by Gasteiger charge is -2.37. The molecular formula is C17H22BrNO. The number of nitrogens with zero attached hydrogens (tertiary/aromatic N) is 1. The van der Waals surface area contributed by atoms with Crippen LogP contribution in [0.2, 0.25) is 0 Å². The van der Waals surface area contributed by atoms with E-state index in [2.05, 4.69) is 42.8 Å². The molecule has 1 aromatic rings. The van der Waals surface area contributed by atoms with Crippen LogP contribution >= 0.6 is 15.9 Å². The molecule has 0 radical (unpaired) electrons. The molecule has 0 heterocycles. The molecule has 0 amide bonds. The molecule has 1 fully saturated rings. The molecule has 2 nitrogen and oxygen atoms in total. The summed E-state index contributed by atoms with van der Waals surface area (Å²) in [6.45, 7) is 6.85. The fourth-order valence-electron chi connectivity index (χ4n) is 3.12. The number of benzene rings is 1. The van der Waals surface area contributed by atoms with Gasteiger partial charge in [0.1, 0.15) is 11.9 Å². The van der Waals surface area contributed by atoms with Crippen LogP contribution in [0.4, 0.5) is 0 Å². The second-order valence-corrected chi connectivity index (χ2v) is 7.19. The first-order chi connectivity index (χ1) is 9.49. The standard InChI is InChI=1S/C17H22BrNO/c1-11(2)16-5-4-12(3)6-17(16)20-15-8-13(10-19)7-14(18)9-15/h7-9,11-12,16-17H,4-6H2,1-3H3. The lowest BCUT2D eigenvalue weighted by Crippen LogP contribution is -2.36. The zero-order chi connectivity index (χ0) is 14.7. The largest absolute Gasteiger partial charge is 0.490 e. The maximum Gasteiger partial charge on any atom is 0.122 e. The molecule has 20 heavy (non-hydrogen) atoms. The van der Waals surface area contributed by atoms with Crippen LogP contribution in [-0.2, 0) is 0 Å². The predicted molar refractivity (Wildman–Crippen MR) is 84.6 cm³/mol. The van der Waals surface area contributed by atoms with E-state index in [9.17, 15) is 0 Å². The molecule has 0 saturated heterocycles. The highest BCUT2D eigenvalue weighted by molar-refractivity contribution is 9.10. The van der Waals surface area contributed by atoms with Crippen molar-refractivity contribution in [2.24, 2.45) is 17.8 Å². The molecule has 0 spiro atoms. The van der Waals surface area contributed by atoms with Crippen LogP contribution in [0.25, 0.3) is 0 Å². The summed E-state index contributed by atoms with van der Waals surface area (Å²) in [7, 11) is 0. The molecular weight excluding hydrogens is 314 g/mol. The molecule has 0 aromatic heterocycles. The predicted octanol–water partition coefficient (Wildman–Crippen LogP) is 5.16. The monoisotopic (exact) mass is 335 g/mol. The van der Waals surface area contributed by atoms with Crippen molar-refractivity contribution in [3.63, 3.8) is 0 Å². The van der Waals surface area contributed by atoms with Crippen LogP contribution in [0.3, 0.4) is 0 Å². The normalized spacial score (nSPS) is 26.3. The zero-order valence-electron chi connectivity index (χ0n) is 12.4. The molecule has 1 aliphatic rings. The molecule has 1 aromatic carbocycles. The van der Waals surface area contributed by atoms with Crippen molar-refractivity contribution in [3.8, 4) is 11.8 Å². The van der Waals surface area contributed by atoms with Gasteiger partial charge in [0, 0.05) is 4.47 Å². The van der Waals surface area contributed by atoms with Gasteiger partial charge >= 0.3 is 0 Å². The third-order valence-electron chi connectivity index (χ3n) is 4.25. The van der Waals surface area contributed by atoms with Crippen LogP contribution in [0, 0.1) is 29.1 Å².